The van der Waals surface area contributed by atoms with Gasteiger partial charge in [-0.2, -0.15) is 0 Å². The minimum Gasteiger partial charge on any atom is -0.507 e. The lowest BCUT2D eigenvalue weighted by Gasteiger charge is -2.27. The molecule has 1 aliphatic carbocycles. The standard InChI is InChI=1S/C14H22N2O2/c1-16(13(8-15)10-3-4-10)9-11-5-6-12(18-2)7-14(11)17/h5-7,10,13,17H,3-4,8-9,15H2,1-2H3. The van der Waals surface area contributed by atoms with Crippen LogP contribution in [0.4, 0.5) is 0 Å². The van der Waals surface area contributed by atoms with E-state index in [1.54, 1.807) is 13.2 Å². The van der Waals surface area contributed by atoms with Crippen LogP contribution in [0.1, 0.15) is 18.4 Å². The van der Waals surface area contributed by atoms with E-state index in [9.17, 15) is 5.11 Å². The highest BCUT2D eigenvalue weighted by Crippen LogP contribution is 2.35. The Hall–Kier alpha value is -1.26. The summed E-state index contributed by atoms with van der Waals surface area (Å²) in [6.45, 7) is 1.40. The average molecular weight is 250 g/mol. The third-order valence-electron chi connectivity index (χ3n) is 3.69. The SMILES string of the molecule is COc1ccc(CN(C)C(CN)C2CC2)c(O)c1. The number of aromatic hydroxyl groups is 1. The molecule has 1 aromatic rings. The van der Waals surface area contributed by atoms with Crippen molar-refractivity contribution in [3.63, 3.8) is 0 Å². The van der Waals surface area contributed by atoms with Crippen molar-refractivity contribution in [2.24, 2.45) is 11.7 Å². The first-order chi connectivity index (χ1) is 8.65. The van der Waals surface area contributed by atoms with Crippen LogP contribution in [-0.2, 0) is 6.54 Å². The van der Waals surface area contributed by atoms with Crippen LogP contribution < -0.4 is 10.5 Å². The largest absolute Gasteiger partial charge is 0.507 e. The molecule has 1 unspecified atom stereocenters. The molecule has 0 radical (unpaired) electrons. The number of methoxy groups -OCH3 is 1. The zero-order valence-electron chi connectivity index (χ0n) is 11.1. The van der Waals surface area contributed by atoms with E-state index in [1.165, 1.54) is 12.8 Å². The molecule has 0 aliphatic heterocycles. The first-order valence-electron chi connectivity index (χ1n) is 6.42. The van der Waals surface area contributed by atoms with Crippen molar-refractivity contribution in [2.75, 3.05) is 20.7 Å². The van der Waals surface area contributed by atoms with E-state index >= 15 is 0 Å². The molecule has 1 atom stereocenters. The zero-order valence-corrected chi connectivity index (χ0v) is 11.1. The highest BCUT2D eigenvalue weighted by atomic mass is 16.5. The number of phenols is 1. The van der Waals surface area contributed by atoms with Gasteiger partial charge >= 0.3 is 0 Å². The van der Waals surface area contributed by atoms with E-state index in [1.807, 2.05) is 12.1 Å². The quantitative estimate of drug-likeness (QED) is 0.804. The van der Waals surface area contributed by atoms with Crippen molar-refractivity contribution in [2.45, 2.75) is 25.4 Å². The zero-order chi connectivity index (χ0) is 13.1. The molecule has 1 fully saturated rings. The molecule has 4 nitrogen and oxygen atoms in total. The second kappa shape index (κ2) is 5.59. The Morgan fingerprint density at radius 2 is 2.22 bits per heavy atom. The van der Waals surface area contributed by atoms with Gasteiger partial charge in [0.2, 0.25) is 0 Å². The Bertz CT molecular complexity index is 405. The number of rotatable bonds is 6. The molecular formula is C14H22N2O2. The first-order valence-corrected chi connectivity index (χ1v) is 6.42. The molecule has 0 saturated heterocycles. The Morgan fingerprint density at radius 1 is 1.50 bits per heavy atom. The maximum Gasteiger partial charge on any atom is 0.123 e. The Balaban J connectivity index is 2.03. The lowest BCUT2D eigenvalue weighted by Crippen LogP contribution is -2.39. The summed E-state index contributed by atoms with van der Waals surface area (Å²) >= 11 is 0. The molecule has 1 aromatic carbocycles. The molecule has 18 heavy (non-hydrogen) atoms. The molecule has 1 saturated carbocycles. The van der Waals surface area contributed by atoms with E-state index in [2.05, 4.69) is 11.9 Å². The number of phenolic OH excluding ortho intramolecular Hbond substituents is 1. The maximum absolute atomic E-state index is 9.94. The van der Waals surface area contributed by atoms with Crippen molar-refractivity contribution in [1.82, 2.24) is 4.90 Å². The van der Waals surface area contributed by atoms with Crippen LogP contribution in [0.25, 0.3) is 0 Å². The van der Waals surface area contributed by atoms with Gasteiger partial charge in [0.15, 0.2) is 0 Å². The highest BCUT2D eigenvalue weighted by Gasteiger charge is 2.32. The molecule has 0 aromatic heterocycles. The van der Waals surface area contributed by atoms with Gasteiger partial charge in [-0.15, -0.1) is 0 Å². The number of nitrogens with two attached hydrogens (primary N) is 1. The summed E-state index contributed by atoms with van der Waals surface area (Å²) in [4.78, 5) is 2.24. The van der Waals surface area contributed by atoms with Gasteiger partial charge in [0.05, 0.1) is 7.11 Å². The van der Waals surface area contributed by atoms with Crippen LogP contribution in [-0.4, -0.2) is 36.8 Å². The van der Waals surface area contributed by atoms with Crippen molar-refractivity contribution < 1.29 is 9.84 Å². The fourth-order valence-corrected chi connectivity index (χ4v) is 2.40. The number of nitrogens with zero attached hydrogens (tertiary/aromatic N) is 1. The fourth-order valence-electron chi connectivity index (χ4n) is 2.40. The van der Waals surface area contributed by atoms with Gasteiger partial charge in [-0.05, 0) is 31.9 Å². The lowest BCUT2D eigenvalue weighted by molar-refractivity contribution is 0.213. The van der Waals surface area contributed by atoms with Gasteiger partial charge < -0.3 is 15.6 Å². The van der Waals surface area contributed by atoms with Crippen molar-refractivity contribution in [1.29, 1.82) is 0 Å². The summed E-state index contributed by atoms with van der Waals surface area (Å²) in [6, 6.07) is 5.85. The first kappa shape index (κ1) is 13.2. The fraction of sp³-hybridized carbons (Fsp3) is 0.571. The molecule has 0 amide bonds. The Labute approximate surface area is 108 Å². The van der Waals surface area contributed by atoms with Crippen molar-refractivity contribution in [3.05, 3.63) is 23.8 Å². The highest BCUT2D eigenvalue weighted by molar-refractivity contribution is 5.39. The minimum absolute atomic E-state index is 0.285. The van der Waals surface area contributed by atoms with Gasteiger partial charge in [0, 0.05) is 30.8 Å². The number of hydrogen-bond donors (Lipinski definition) is 2. The van der Waals surface area contributed by atoms with E-state index in [0.29, 0.717) is 24.9 Å². The number of hydrogen-bond acceptors (Lipinski definition) is 4. The molecular weight excluding hydrogens is 228 g/mol. The summed E-state index contributed by atoms with van der Waals surface area (Å²) in [5, 5.41) is 9.94. The van der Waals surface area contributed by atoms with Crippen molar-refractivity contribution >= 4 is 0 Å². The van der Waals surface area contributed by atoms with Gasteiger partial charge in [0.1, 0.15) is 11.5 Å². The second-order valence-corrected chi connectivity index (χ2v) is 5.05. The number of benzene rings is 1. The van der Waals surface area contributed by atoms with Crippen LogP contribution in [0.2, 0.25) is 0 Å². The van der Waals surface area contributed by atoms with Gasteiger partial charge in [0.25, 0.3) is 0 Å². The summed E-state index contributed by atoms with van der Waals surface area (Å²) in [5.41, 5.74) is 6.74. The predicted octanol–water partition coefficient (Wildman–Crippen LogP) is 1.57. The Kier molecular flexibility index (Phi) is 4.09. The minimum atomic E-state index is 0.285. The molecule has 0 spiro atoms. The van der Waals surface area contributed by atoms with E-state index < -0.39 is 0 Å². The summed E-state index contributed by atoms with van der Waals surface area (Å²) < 4.78 is 5.08. The van der Waals surface area contributed by atoms with Crippen LogP contribution in [0.3, 0.4) is 0 Å². The van der Waals surface area contributed by atoms with Gasteiger partial charge in [-0.25, -0.2) is 0 Å². The maximum atomic E-state index is 9.94. The third kappa shape index (κ3) is 2.94. The summed E-state index contributed by atoms with van der Waals surface area (Å²) in [5.74, 6) is 1.70. The average Bonchev–Trinajstić information content (AvgIpc) is 3.17. The molecule has 100 valence electrons. The molecule has 4 heteroatoms. The van der Waals surface area contributed by atoms with E-state index in [0.717, 1.165) is 11.5 Å². The van der Waals surface area contributed by atoms with Crippen LogP contribution in [0.15, 0.2) is 18.2 Å². The molecule has 2 rings (SSSR count). The third-order valence-corrected chi connectivity index (χ3v) is 3.69. The molecule has 0 bridgehead atoms. The normalized spacial score (nSPS) is 16.9. The monoisotopic (exact) mass is 250 g/mol. The van der Waals surface area contributed by atoms with E-state index in [4.69, 9.17) is 10.5 Å². The summed E-state index contributed by atoms with van der Waals surface area (Å²) in [7, 11) is 3.66. The lowest BCUT2D eigenvalue weighted by atomic mass is 10.1. The second-order valence-electron chi connectivity index (χ2n) is 5.05. The smallest absolute Gasteiger partial charge is 0.123 e. The molecule has 0 heterocycles. The van der Waals surface area contributed by atoms with Crippen LogP contribution in [0.5, 0.6) is 11.5 Å². The van der Waals surface area contributed by atoms with Gasteiger partial charge in [-0.3, -0.25) is 4.90 Å². The van der Waals surface area contributed by atoms with Gasteiger partial charge in [-0.1, -0.05) is 6.07 Å². The molecule has 3 N–H and O–H groups in total. The number of ether oxygens (including phenoxy) is 1. The van der Waals surface area contributed by atoms with E-state index in [-0.39, 0.29) is 5.75 Å². The van der Waals surface area contributed by atoms with Crippen molar-refractivity contribution in [3.8, 4) is 11.5 Å². The summed E-state index contributed by atoms with van der Waals surface area (Å²) in [6.07, 6.45) is 2.56. The van der Waals surface area contributed by atoms with Crippen LogP contribution in [0, 0.1) is 5.92 Å². The number of likely N-dealkylation sites (N-methyl/N-ethyl adjacent to an activating group) is 1. The molecule has 1 aliphatic rings. The van der Waals surface area contributed by atoms with Crippen LogP contribution >= 0.6 is 0 Å². The Morgan fingerprint density at radius 3 is 2.72 bits per heavy atom. The predicted molar refractivity (Wildman–Crippen MR) is 71.7 cm³/mol. The topological polar surface area (TPSA) is 58.7 Å².